The van der Waals surface area contributed by atoms with Gasteiger partial charge >= 0.3 is 0 Å². The highest BCUT2D eigenvalue weighted by Crippen LogP contribution is 2.36. The minimum absolute atomic E-state index is 0.0698. The zero-order valence-corrected chi connectivity index (χ0v) is 20.7. The molecule has 4 aromatic carbocycles. The van der Waals surface area contributed by atoms with Gasteiger partial charge in [0.15, 0.2) is 0 Å². The molecular formula is C30H23BrN2O2. The number of methoxy groups -OCH3 is 1. The number of carbonyl (C=O) groups is 1. The molecule has 35 heavy (non-hydrogen) atoms. The van der Waals surface area contributed by atoms with Gasteiger partial charge in [0.2, 0.25) is 0 Å². The Kier molecular flexibility index (Phi) is 6.51. The third-order valence-electron chi connectivity index (χ3n) is 5.74. The van der Waals surface area contributed by atoms with Crippen LogP contribution in [0.2, 0.25) is 0 Å². The van der Waals surface area contributed by atoms with Gasteiger partial charge in [0.1, 0.15) is 5.75 Å². The number of nitrogens with zero attached hydrogens (tertiary/aromatic N) is 1. The van der Waals surface area contributed by atoms with Crippen molar-refractivity contribution in [2.24, 2.45) is 0 Å². The molecule has 172 valence electrons. The number of anilines is 3. The van der Waals surface area contributed by atoms with Crippen molar-refractivity contribution in [2.75, 3.05) is 17.3 Å². The molecule has 0 radical (unpaired) electrons. The summed E-state index contributed by atoms with van der Waals surface area (Å²) < 4.78 is 6.17. The molecule has 1 aliphatic heterocycles. The van der Waals surface area contributed by atoms with Crippen molar-refractivity contribution in [2.45, 2.75) is 0 Å². The van der Waals surface area contributed by atoms with Gasteiger partial charge in [-0.2, -0.15) is 0 Å². The van der Waals surface area contributed by atoms with Crippen LogP contribution >= 0.6 is 15.9 Å². The van der Waals surface area contributed by atoms with Gasteiger partial charge in [-0.25, -0.2) is 0 Å². The molecule has 5 rings (SSSR count). The summed E-state index contributed by atoms with van der Waals surface area (Å²) in [7, 11) is 1.63. The Morgan fingerprint density at radius 3 is 2.14 bits per heavy atom. The highest BCUT2D eigenvalue weighted by atomic mass is 79.9. The predicted molar refractivity (Wildman–Crippen MR) is 147 cm³/mol. The summed E-state index contributed by atoms with van der Waals surface area (Å²) in [6, 6.07) is 33.6. The van der Waals surface area contributed by atoms with E-state index in [1.54, 1.807) is 12.0 Å². The van der Waals surface area contributed by atoms with Gasteiger partial charge in [0.05, 0.1) is 17.3 Å². The number of hydrogen-bond donors (Lipinski definition) is 1. The first-order chi connectivity index (χ1) is 17.1. The van der Waals surface area contributed by atoms with Crippen LogP contribution in [0.1, 0.15) is 11.1 Å². The van der Waals surface area contributed by atoms with E-state index in [1.165, 1.54) is 0 Å². The molecule has 0 spiro atoms. The van der Waals surface area contributed by atoms with E-state index in [-0.39, 0.29) is 5.91 Å². The van der Waals surface area contributed by atoms with Crippen molar-refractivity contribution in [1.82, 2.24) is 0 Å². The Labute approximate surface area is 213 Å². The molecule has 1 amide bonds. The zero-order chi connectivity index (χ0) is 24.2. The van der Waals surface area contributed by atoms with Gasteiger partial charge < -0.3 is 10.1 Å². The van der Waals surface area contributed by atoms with Gasteiger partial charge in [-0.3, -0.25) is 9.69 Å². The number of nitrogens with one attached hydrogen (secondary N) is 1. The lowest BCUT2D eigenvalue weighted by molar-refractivity contribution is -0.113. The SMILES string of the molecule is COc1ccc(/C=C2/C=C(c3ccccc3)N(c3ccc(Nc4ccccc4)cc3)C2=O)cc1Br. The van der Waals surface area contributed by atoms with E-state index < -0.39 is 0 Å². The highest BCUT2D eigenvalue weighted by Gasteiger charge is 2.30. The Hall–Kier alpha value is -4.09. The first kappa shape index (κ1) is 22.7. The van der Waals surface area contributed by atoms with E-state index in [9.17, 15) is 4.79 Å². The quantitative estimate of drug-likeness (QED) is 0.264. The van der Waals surface area contributed by atoms with Crippen molar-refractivity contribution in [3.63, 3.8) is 0 Å². The number of amides is 1. The standard InChI is InChI=1S/C30H23BrN2O2/c1-35-29-17-12-21(19-27(29)31)18-23-20-28(22-8-4-2-5-9-22)33(30(23)34)26-15-13-25(14-16-26)32-24-10-6-3-7-11-24/h2-20,32H,1H3/b23-18-. The summed E-state index contributed by atoms with van der Waals surface area (Å²) in [6.07, 6.45) is 3.85. The second kappa shape index (κ2) is 10.0. The Morgan fingerprint density at radius 2 is 1.49 bits per heavy atom. The first-order valence-electron chi connectivity index (χ1n) is 11.2. The molecule has 0 saturated heterocycles. The molecule has 0 fully saturated rings. The molecule has 0 atom stereocenters. The largest absolute Gasteiger partial charge is 0.496 e. The number of rotatable bonds is 6. The number of halogens is 1. The van der Waals surface area contributed by atoms with Gasteiger partial charge in [-0.05, 0) is 87.7 Å². The monoisotopic (exact) mass is 522 g/mol. The molecule has 0 aromatic heterocycles. The molecule has 1 heterocycles. The molecule has 0 aliphatic carbocycles. The summed E-state index contributed by atoms with van der Waals surface area (Å²) in [6.45, 7) is 0. The topological polar surface area (TPSA) is 41.6 Å². The lowest BCUT2D eigenvalue weighted by Crippen LogP contribution is -2.24. The number of carbonyl (C=O) groups excluding carboxylic acids is 1. The normalized spacial score (nSPS) is 14.2. The average molecular weight is 523 g/mol. The van der Waals surface area contributed by atoms with Crippen LogP contribution in [0.25, 0.3) is 11.8 Å². The van der Waals surface area contributed by atoms with Gasteiger partial charge in [0, 0.05) is 22.6 Å². The smallest absolute Gasteiger partial charge is 0.262 e. The van der Waals surface area contributed by atoms with E-state index in [4.69, 9.17) is 4.74 Å². The molecule has 0 bridgehead atoms. The van der Waals surface area contributed by atoms with Crippen molar-refractivity contribution >= 4 is 50.7 Å². The van der Waals surface area contributed by atoms with Crippen LogP contribution in [0.3, 0.4) is 0 Å². The molecule has 1 aliphatic rings. The maximum absolute atomic E-state index is 13.6. The molecule has 0 unspecified atom stereocenters. The van der Waals surface area contributed by atoms with Crippen LogP contribution < -0.4 is 15.0 Å². The Bertz CT molecular complexity index is 1410. The summed E-state index contributed by atoms with van der Waals surface area (Å²) in [5, 5.41) is 3.39. The van der Waals surface area contributed by atoms with Crippen LogP contribution in [0.4, 0.5) is 17.1 Å². The van der Waals surface area contributed by atoms with Crippen molar-refractivity contribution in [3.05, 3.63) is 130 Å². The van der Waals surface area contributed by atoms with E-state index in [0.717, 1.165) is 44.1 Å². The van der Waals surface area contributed by atoms with Crippen LogP contribution in [0, 0.1) is 0 Å². The van der Waals surface area contributed by atoms with Crippen LogP contribution in [-0.2, 0) is 4.79 Å². The summed E-state index contributed by atoms with van der Waals surface area (Å²) >= 11 is 3.53. The van der Waals surface area contributed by atoms with Gasteiger partial charge in [-0.1, -0.05) is 54.6 Å². The Balaban J connectivity index is 1.49. The fourth-order valence-corrected chi connectivity index (χ4v) is 4.59. The molecule has 1 N–H and O–H groups in total. The van der Waals surface area contributed by atoms with Gasteiger partial charge in [0.25, 0.3) is 5.91 Å². The minimum atomic E-state index is -0.0698. The van der Waals surface area contributed by atoms with Crippen LogP contribution in [-0.4, -0.2) is 13.0 Å². The number of ether oxygens (including phenoxy) is 1. The highest BCUT2D eigenvalue weighted by molar-refractivity contribution is 9.10. The van der Waals surface area contributed by atoms with E-state index in [1.807, 2.05) is 115 Å². The van der Waals surface area contributed by atoms with E-state index in [2.05, 4.69) is 21.2 Å². The third-order valence-corrected chi connectivity index (χ3v) is 6.36. The summed E-state index contributed by atoms with van der Waals surface area (Å²) in [5.74, 6) is 0.677. The van der Waals surface area contributed by atoms with Crippen molar-refractivity contribution < 1.29 is 9.53 Å². The predicted octanol–water partition coefficient (Wildman–Crippen LogP) is 7.67. The fraction of sp³-hybridized carbons (Fsp3) is 0.0333. The minimum Gasteiger partial charge on any atom is -0.496 e. The maximum atomic E-state index is 13.6. The zero-order valence-electron chi connectivity index (χ0n) is 19.1. The molecule has 4 nitrogen and oxygen atoms in total. The lowest BCUT2D eigenvalue weighted by Gasteiger charge is -2.21. The summed E-state index contributed by atoms with van der Waals surface area (Å²) in [5.41, 5.74) is 6.13. The lowest BCUT2D eigenvalue weighted by atomic mass is 10.1. The third kappa shape index (κ3) is 4.91. The Morgan fingerprint density at radius 1 is 0.829 bits per heavy atom. The number of para-hydroxylation sites is 1. The molecule has 5 heteroatoms. The first-order valence-corrected chi connectivity index (χ1v) is 12.0. The second-order valence-corrected chi connectivity index (χ2v) is 8.92. The molecule has 0 saturated carbocycles. The summed E-state index contributed by atoms with van der Waals surface area (Å²) in [4.78, 5) is 15.4. The van der Waals surface area contributed by atoms with Crippen molar-refractivity contribution in [1.29, 1.82) is 0 Å². The van der Waals surface area contributed by atoms with E-state index in [0.29, 0.717) is 5.57 Å². The van der Waals surface area contributed by atoms with Crippen LogP contribution in [0.5, 0.6) is 5.75 Å². The van der Waals surface area contributed by atoms with Gasteiger partial charge in [-0.15, -0.1) is 0 Å². The van der Waals surface area contributed by atoms with Crippen LogP contribution in [0.15, 0.2) is 119 Å². The number of hydrogen-bond acceptors (Lipinski definition) is 3. The molecule has 4 aromatic rings. The van der Waals surface area contributed by atoms with E-state index >= 15 is 0 Å². The fourth-order valence-electron chi connectivity index (χ4n) is 4.03. The maximum Gasteiger partial charge on any atom is 0.262 e. The number of benzene rings is 4. The average Bonchev–Trinajstić information content (AvgIpc) is 3.21. The molecular weight excluding hydrogens is 500 g/mol. The second-order valence-electron chi connectivity index (χ2n) is 8.07. The van der Waals surface area contributed by atoms with Crippen molar-refractivity contribution in [3.8, 4) is 5.75 Å².